The Morgan fingerprint density at radius 2 is 1.88 bits per heavy atom. The number of esters is 1. The van der Waals surface area contributed by atoms with Crippen molar-refractivity contribution in [1.82, 2.24) is 14.5 Å². The highest BCUT2D eigenvalue weighted by Crippen LogP contribution is 2.47. The minimum absolute atomic E-state index is 0.0983. The second-order valence-electron chi connectivity index (χ2n) is 9.87. The minimum Gasteiger partial charge on any atom is -0.466 e. The maximum atomic E-state index is 15.7. The van der Waals surface area contributed by atoms with E-state index in [2.05, 4.69) is 15.3 Å². The van der Waals surface area contributed by atoms with Gasteiger partial charge in [0.15, 0.2) is 11.6 Å². The lowest BCUT2D eigenvalue weighted by Crippen LogP contribution is -2.52. The summed E-state index contributed by atoms with van der Waals surface area (Å²) in [6.07, 6.45) is 4.62. The minimum atomic E-state index is -0.753. The summed E-state index contributed by atoms with van der Waals surface area (Å²) in [5, 5.41) is 2.99. The number of aromatic nitrogens is 3. The third kappa shape index (κ3) is 4.89. The molecule has 2 aromatic rings. The van der Waals surface area contributed by atoms with Crippen molar-refractivity contribution < 1.29 is 23.5 Å². The largest absolute Gasteiger partial charge is 0.466 e. The number of carbonyl (C=O) groups excluding carboxylic acids is 2. The van der Waals surface area contributed by atoms with Crippen molar-refractivity contribution in [2.75, 3.05) is 11.9 Å². The Labute approximate surface area is 203 Å². The van der Waals surface area contributed by atoms with E-state index in [4.69, 9.17) is 21.1 Å². The molecule has 184 valence electrons. The van der Waals surface area contributed by atoms with Crippen molar-refractivity contribution in [3.63, 3.8) is 0 Å². The molecule has 0 radical (unpaired) electrons. The van der Waals surface area contributed by atoms with Gasteiger partial charge in [-0.25, -0.2) is 14.2 Å². The maximum absolute atomic E-state index is 15.7. The van der Waals surface area contributed by atoms with Crippen molar-refractivity contribution in [3.8, 4) is 11.4 Å². The molecule has 0 amide bonds. The summed E-state index contributed by atoms with van der Waals surface area (Å²) >= 11 is 6.18. The summed E-state index contributed by atoms with van der Waals surface area (Å²) in [5.41, 5.74) is -0.673. The lowest BCUT2D eigenvalue weighted by Gasteiger charge is -2.47. The SMILES string of the molecule is CCOC(=O)[C@H]1C2CCC(CC2)[C@@H]1Nc1nc(Cl)nc(-c2cccn2C(=O)OC(C)(C)C)c1F. The topological polar surface area (TPSA) is 95.3 Å². The van der Waals surface area contributed by atoms with Crippen LogP contribution in [0.15, 0.2) is 18.3 Å². The molecule has 8 nitrogen and oxygen atoms in total. The molecule has 34 heavy (non-hydrogen) atoms. The van der Waals surface area contributed by atoms with Gasteiger partial charge in [0.05, 0.1) is 18.2 Å². The maximum Gasteiger partial charge on any atom is 0.419 e. The van der Waals surface area contributed by atoms with Gasteiger partial charge in [-0.05, 0) is 88.9 Å². The van der Waals surface area contributed by atoms with Crippen LogP contribution in [0.2, 0.25) is 5.28 Å². The highest BCUT2D eigenvalue weighted by Gasteiger charge is 2.48. The first-order chi connectivity index (χ1) is 16.1. The molecule has 0 spiro atoms. The molecule has 2 heterocycles. The van der Waals surface area contributed by atoms with Gasteiger partial charge in [-0.15, -0.1) is 0 Å². The monoisotopic (exact) mass is 492 g/mol. The summed E-state index contributed by atoms with van der Waals surface area (Å²) in [7, 11) is 0. The average molecular weight is 493 g/mol. The zero-order valence-corrected chi connectivity index (χ0v) is 20.6. The molecule has 2 bridgehead atoms. The van der Waals surface area contributed by atoms with Gasteiger partial charge in [0, 0.05) is 12.2 Å². The summed E-state index contributed by atoms with van der Waals surface area (Å²) < 4.78 is 27.7. The molecule has 10 heteroatoms. The molecule has 0 saturated heterocycles. The molecule has 3 aliphatic carbocycles. The quantitative estimate of drug-likeness (QED) is 0.447. The molecular formula is C24H30ClFN4O4. The van der Waals surface area contributed by atoms with Crippen LogP contribution in [0.1, 0.15) is 53.4 Å². The van der Waals surface area contributed by atoms with E-state index in [-0.39, 0.29) is 52.3 Å². The first-order valence-electron chi connectivity index (χ1n) is 11.7. The molecule has 2 aromatic heterocycles. The third-order valence-electron chi connectivity index (χ3n) is 6.49. The second kappa shape index (κ2) is 9.52. The molecule has 3 saturated carbocycles. The van der Waals surface area contributed by atoms with Crippen molar-refractivity contribution in [2.45, 2.75) is 65.0 Å². The van der Waals surface area contributed by atoms with Crippen LogP contribution >= 0.6 is 11.6 Å². The normalized spacial score (nSPS) is 24.1. The molecule has 1 N–H and O–H groups in total. The Hall–Kier alpha value is -2.68. The predicted octanol–water partition coefficient (Wildman–Crippen LogP) is 5.30. The first-order valence-corrected chi connectivity index (χ1v) is 12.0. The van der Waals surface area contributed by atoms with Gasteiger partial charge in [-0.1, -0.05) is 0 Å². The van der Waals surface area contributed by atoms with E-state index in [1.54, 1.807) is 39.8 Å². The number of nitrogens with zero attached hydrogens (tertiary/aromatic N) is 3. The summed E-state index contributed by atoms with van der Waals surface area (Å²) in [4.78, 5) is 33.6. The molecule has 5 rings (SSSR count). The standard InChI is InChI=1S/C24H30ClFN4O4/c1-5-33-21(31)16-13-8-10-14(11-9-13)18(16)27-20-17(26)19(28-22(25)29-20)15-7-6-12-30(15)23(32)34-24(2,3)4/h6-7,12-14,16,18H,5,8-11H2,1-4H3,(H,27,28,29)/t13?,14?,16-,18-/m0/s1. The Balaban J connectivity index is 1.68. The van der Waals surface area contributed by atoms with Gasteiger partial charge in [0.1, 0.15) is 11.3 Å². The lowest BCUT2D eigenvalue weighted by atomic mass is 9.61. The molecule has 3 aliphatic rings. The number of ether oxygens (including phenoxy) is 2. The molecule has 0 unspecified atom stereocenters. The van der Waals surface area contributed by atoms with Gasteiger partial charge in [0.25, 0.3) is 0 Å². The number of halogens is 2. The van der Waals surface area contributed by atoms with E-state index in [0.29, 0.717) is 6.61 Å². The Morgan fingerprint density at radius 3 is 2.53 bits per heavy atom. The van der Waals surface area contributed by atoms with Gasteiger partial charge in [-0.3, -0.25) is 9.36 Å². The Bertz CT molecular complexity index is 1080. The van der Waals surface area contributed by atoms with Crippen molar-refractivity contribution >= 4 is 29.5 Å². The van der Waals surface area contributed by atoms with Crippen LogP contribution in [-0.4, -0.2) is 44.8 Å². The van der Waals surface area contributed by atoms with Crippen LogP contribution in [0.25, 0.3) is 11.4 Å². The molecule has 3 fully saturated rings. The van der Waals surface area contributed by atoms with Gasteiger partial charge in [0.2, 0.25) is 5.28 Å². The Kier molecular flexibility index (Phi) is 6.85. The van der Waals surface area contributed by atoms with Gasteiger partial charge >= 0.3 is 12.1 Å². The number of fused-ring (bicyclic) bond motifs is 3. The number of anilines is 1. The third-order valence-corrected chi connectivity index (χ3v) is 6.66. The van der Waals surface area contributed by atoms with E-state index >= 15 is 4.39 Å². The fourth-order valence-electron chi connectivity index (χ4n) is 5.12. The van der Waals surface area contributed by atoms with Crippen LogP contribution in [0.3, 0.4) is 0 Å². The fraction of sp³-hybridized carbons (Fsp3) is 0.583. The van der Waals surface area contributed by atoms with Crippen LogP contribution < -0.4 is 5.32 Å². The van der Waals surface area contributed by atoms with E-state index in [1.165, 1.54) is 10.8 Å². The smallest absolute Gasteiger partial charge is 0.419 e. The van der Waals surface area contributed by atoms with Crippen LogP contribution in [0.4, 0.5) is 15.0 Å². The van der Waals surface area contributed by atoms with E-state index in [0.717, 1.165) is 25.7 Å². The van der Waals surface area contributed by atoms with Crippen LogP contribution in [0, 0.1) is 23.6 Å². The Morgan fingerprint density at radius 1 is 1.21 bits per heavy atom. The molecule has 2 atom stereocenters. The van der Waals surface area contributed by atoms with Crippen molar-refractivity contribution in [2.24, 2.45) is 17.8 Å². The summed E-state index contributed by atoms with van der Waals surface area (Å²) in [6.45, 7) is 7.30. The van der Waals surface area contributed by atoms with Crippen molar-refractivity contribution in [1.29, 1.82) is 0 Å². The average Bonchev–Trinajstić information content (AvgIpc) is 3.25. The van der Waals surface area contributed by atoms with Gasteiger partial charge in [-0.2, -0.15) is 4.98 Å². The van der Waals surface area contributed by atoms with Gasteiger partial charge < -0.3 is 14.8 Å². The number of rotatable bonds is 5. The number of carbonyl (C=O) groups is 2. The highest BCUT2D eigenvalue weighted by molar-refractivity contribution is 6.28. The second-order valence-corrected chi connectivity index (χ2v) is 10.2. The summed E-state index contributed by atoms with van der Waals surface area (Å²) in [6, 6.07) is 2.83. The first kappa shape index (κ1) is 24.4. The van der Waals surface area contributed by atoms with Crippen LogP contribution in [0.5, 0.6) is 0 Å². The van der Waals surface area contributed by atoms with E-state index < -0.39 is 17.5 Å². The number of hydrogen-bond acceptors (Lipinski definition) is 7. The van der Waals surface area contributed by atoms with Crippen LogP contribution in [-0.2, 0) is 14.3 Å². The lowest BCUT2D eigenvalue weighted by molar-refractivity contribution is -0.154. The molecule has 0 aliphatic heterocycles. The number of hydrogen-bond donors (Lipinski definition) is 1. The predicted molar refractivity (Wildman–Crippen MR) is 125 cm³/mol. The van der Waals surface area contributed by atoms with E-state index in [1.807, 2.05) is 0 Å². The zero-order chi connectivity index (χ0) is 24.6. The summed E-state index contributed by atoms with van der Waals surface area (Å²) in [5.74, 6) is -1.12. The molecule has 0 aromatic carbocycles. The molecular weight excluding hydrogens is 463 g/mol. The zero-order valence-electron chi connectivity index (χ0n) is 19.8. The fourth-order valence-corrected chi connectivity index (χ4v) is 5.29. The highest BCUT2D eigenvalue weighted by atomic mass is 35.5. The van der Waals surface area contributed by atoms with E-state index in [9.17, 15) is 9.59 Å². The number of nitrogens with one attached hydrogen (secondary N) is 1. The van der Waals surface area contributed by atoms with Crippen molar-refractivity contribution in [3.05, 3.63) is 29.4 Å².